The maximum atomic E-state index is 14.3. The molecule has 1 unspecified atom stereocenters. The van der Waals surface area contributed by atoms with Gasteiger partial charge in [0.2, 0.25) is 4.90 Å². The lowest BCUT2D eigenvalue weighted by Gasteiger charge is -2.16. The monoisotopic (exact) mass is 551 g/mol. The Morgan fingerprint density at radius 1 is 0.872 bits per heavy atom. The third-order valence-corrected chi connectivity index (χ3v) is 6.89. The first-order chi connectivity index (χ1) is 18.9. The summed E-state index contributed by atoms with van der Waals surface area (Å²) >= 11 is -1.77. The summed E-state index contributed by atoms with van der Waals surface area (Å²) in [7, 11) is 2.98. The molecule has 0 saturated carbocycles. The Bertz CT molecular complexity index is 1450. The number of amides is 1. The van der Waals surface area contributed by atoms with E-state index in [0.29, 0.717) is 41.4 Å². The van der Waals surface area contributed by atoms with E-state index in [-0.39, 0.29) is 16.4 Å². The number of benzene rings is 4. The summed E-state index contributed by atoms with van der Waals surface area (Å²) < 4.78 is 54.7. The van der Waals surface area contributed by atoms with Crippen molar-refractivity contribution in [2.24, 2.45) is 0 Å². The topological polar surface area (TPSA) is 94.7 Å². The molecule has 0 fully saturated rings. The maximum Gasteiger partial charge on any atom is 0.251 e. The second-order valence-corrected chi connectivity index (χ2v) is 9.54. The molecule has 39 heavy (non-hydrogen) atoms. The molecule has 1 atom stereocenters. The van der Waals surface area contributed by atoms with Crippen molar-refractivity contribution in [1.82, 2.24) is 5.32 Å². The molecule has 0 saturated heterocycles. The predicted molar refractivity (Wildman–Crippen MR) is 149 cm³/mol. The Hall–Kier alpha value is -4.28. The average molecular weight is 552 g/mol. The van der Waals surface area contributed by atoms with E-state index < -0.39 is 23.0 Å². The van der Waals surface area contributed by atoms with E-state index in [1.54, 1.807) is 61.7 Å². The van der Waals surface area contributed by atoms with Crippen LogP contribution in [0.25, 0.3) is 11.1 Å². The van der Waals surface area contributed by atoms with Gasteiger partial charge in [-0.15, -0.1) is 0 Å². The number of nitrogens with one attached hydrogen (secondary N) is 3. The molecule has 0 aromatic heterocycles. The maximum absolute atomic E-state index is 14.3. The van der Waals surface area contributed by atoms with E-state index >= 15 is 0 Å². The van der Waals surface area contributed by atoms with Crippen molar-refractivity contribution in [3.8, 4) is 22.6 Å². The molecule has 4 rings (SSSR count). The van der Waals surface area contributed by atoms with E-state index in [1.165, 1.54) is 13.2 Å². The summed E-state index contributed by atoms with van der Waals surface area (Å²) in [5, 5.41) is 6.05. The van der Waals surface area contributed by atoms with E-state index in [1.807, 2.05) is 6.07 Å². The minimum Gasteiger partial charge on any atom is -0.588 e. The Balaban J connectivity index is 1.39. The highest BCUT2D eigenvalue weighted by Crippen LogP contribution is 2.33. The van der Waals surface area contributed by atoms with Crippen molar-refractivity contribution in [2.75, 3.05) is 37.3 Å². The summed E-state index contributed by atoms with van der Waals surface area (Å²) in [6.07, 6.45) is 0. The number of hydrogen-bond donors (Lipinski definition) is 3. The average Bonchev–Trinajstić information content (AvgIpc) is 2.96. The van der Waals surface area contributed by atoms with Crippen LogP contribution in [-0.2, 0) is 11.4 Å². The van der Waals surface area contributed by atoms with E-state index in [2.05, 4.69) is 15.4 Å². The fourth-order valence-electron chi connectivity index (χ4n) is 3.81. The molecule has 202 valence electrons. The van der Waals surface area contributed by atoms with Gasteiger partial charge in [-0.25, -0.2) is 13.5 Å². The summed E-state index contributed by atoms with van der Waals surface area (Å²) in [6, 6.07) is 21.9. The molecule has 0 spiro atoms. The number of hydrogen-bond acceptors (Lipinski definition) is 6. The first-order valence-electron chi connectivity index (χ1n) is 12.0. The Kier molecular flexibility index (Phi) is 9.24. The molecule has 0 radical (unpaired) electrons. The lowest BCUT2D eigenvalue weighted by atomic mass is 10.0. The molecule has 0 heterocycles. The van der Waals surface area contributed by atoms with Crippen molar-refractivity contribution in [3.63, 3.8) is 0 Å². The van der Waals surface area contributed by atoms with Gasteiger partial charge in [0.05, 0.1) is 19.9 Å². The van der Waals surface area contributed by atoms with E-state index in [0.717, 1.165) is 23.9 Å². The number of carbonyl (C=O) groups excluding carboxylic acids is 1. The first kappa shape index (κ1) is 27.7. The van der Waals surface area contributed by atoms with Crippen LogP contribution in [0.4, 0.5) is 20.2 Å². The van der Waals surface area contributed by atoms with Gasteiger partial charge in [-0.1, -0.05) is 18.2 Å². The minimum absolute atomic E-state index is 0.0561. The lowest BCUT2D eigenvalue weighted by molar-refractivity contribution is 0.0955. The van der Waals surface area contributed by atoms with Crippen molar-refractivity contribution < 1.29 is 27.6 Å². The molecular formula is C29H27F2N3O4S. The van der Waals surface area contributed by atoms with Gasteiger partial charge >= 0.3 is 0 Å². The normalized spacial score (nSPS) is 11.4. The minimum atomic E-state index is -1.77. The zero-order valence-corrected chi connectivity index (χ0v) is 22.1. The van der Waals surface area contributed by atoms with Crippen LogP contribution in [0.2, 0.25) is 0 Å². The molecule has 4 aromatic carbocycles. The fraction of sp³-hybridized carbons (Fsp3) is 0.138. The zero-order chi connectivity index (χ0) is 27.8. The number of halogens is 2. The van der Waals surface area contributed by atoms with E-state index in [4.69, 9.17) is 9.47 Å². The van der Waals surface area contributed by atoms with Gasteiger partial charge in [-0.3, -0.25) is 4.79 Å². The van der Waals surface area contributed by atoms with Crippen molar-refractivity contribution >= 4 is 28.6 Å². The van der Waals surface area contributed by atoms with Gasteiger partial charge in [0.1, 0.15) is 28.7 Å². The molecule has 0 aliphatic carbocycles. The third kappa shape index (κ3) is 7.18. The summed E-state index contributed by atoms with van der Waals surface area (Å²) in [6.45, 7) is 0.831. The first-order valence-corrected chi connectivity index (χ1v) is 13.1. The third-order valence-electron chi connectivity index (χ3n) is 5.75. The van der Waals surface area contributed by atoms with Gasteiger partial charge < -0.3 is 24.7 Å². The Labute approximate surface area is 228 Å². The lowest BCUT2D eigenvalue weighted by Crippen LogP contribution is -2.28. The molecule has 0 aliphatic rings. The Morgan fingerprint density at radius 2 is 1.67 bits per heavy atom. The molecule has 7 nitrogen and oxygen atoms in total. The van der Waals surface area contributed by atoms with Crippen LogP contribution in [0.1, 0.15) is 10.4 Å². The smallest absolute Gasteiger partial charge is 0.251 e. The quantitative estimate of drug-likeness (QED) is 0.165. The van der Waals surface area contributed by atoms with Crippen LogP contribution in [-0.4, -0.2) is 37.8 Å². The zero-order valence-electron chi connectivity index (χ0n) is 21.3. The summed E-state index contributed by atoms with van der Waals surface area (Å²) in [5.74, 6) is -0.442. The molecule has 3 N–H and O–H groups in total. The number of rotatable bonds is 11. The highest BCUT2D eigenvalue weighted by molar-refractivity contribution is 7.92. The second-order valence-electron chi connectivity index (χ2n) is 8.36. The SMILES string of the molecule is COc1cccc(C(=O)NCCNc2cccc(N[S+]([O-])c3cc(-c4cc(F)ccc4F)ccc3OC)c2)c1. The highest BCUT2D eigenvalue weighted by Gasteiger charge is 2.21. The van der Waals surface area contributed by atoms with Crippen LogP contribution in [0, 0.1) is 11.6 Å². The molecular weight excluding hydrogens is 524 g/mol. The Morgan fingerprint density at radius 3 is 2.46 bits per heavy atom. The van der Waals surface area contributed by atoms with Crippen LogP contribution in [0.15, 0.2) is 89.8 Å². The van der Waals surface area contributed by atoms with Crippen molar-refractivity contribution in [2.45, 2.75) is 4.90 Å². The largest absolute Gasteiger partial charge is 0.588 e. The van der Waals surface area contributed by atoms with Gasteiger partial charge in [0.15, 0.2) is 5.75 Å². The highest BCUT2D eigenvalue weighted by atomic mass is 32.2. The molecule has 0 aliphatic heterocycles. The number of ether oxygens (including phenoxy) is 2. The summed E-state index contributed by atoms with van der Waals surface area (Å²) in [4.78, 5) is 12.6. The van der Waals surface area contributed by atoms with Crippen LogP contribution in [0.5, 0.6) is 11.5 Å². The van der Waals surface area contributed by atoms with Gasteiger partial charge in [-0.2, -0.15) is 0 Å². The number of methoxy groups -OCH3 is 2. The van der Waals surface area contributed by atoms with Crippen LogP contribution in [0.3, 0.4) is 0 Å². The second kappa shape index (κ2) is 13.0. The predicted octanol–water partition coefficient (Wildman–Crippen LogP) is 5.63. The van der Waals surface area contributed by atoms with Crippen molar-refractivity contribution in [1.29, 1.82) is 0 Å². The van der Waals surface area contributed by atoms with Gasteiger partial charge in [-0.05, 0) is 66.2 Å². The van der Waals surface area contributed by atoms with Crippen LogP contribution >= 0.6 is 0 Å². The number of carbonyl (C=O) groups is 1. The van der Waals surface area contributed by atoms with E-state index in [9.17, 15) is 18.1 Å². The van der Waals surface area contributed by atoms with Gasteiger partial charge in [0, 0.05) is 36.0 Å². The molecule has 10 heteroatoms. The standard InChI is InChI=1S/C29H27F2N3O4S/c1-37-24-8-3-5-20(15-24)29(35)33-14-13-32-22-6-4-7-23(18-22)34-39(36)28-16-19(9-12-27(28)38-2)25-17-21(30)10-11-26(25)31/h3-12,15-18,32,34H,13-14H2,1-2H3,(H,33,35). The summed E-state index contributed by atoms with van der Waals surface area (Å²) in [5.41, 5.74) is 2.23. The van der Waals surface area contributed by atoms with Gasteiger partial charge in [0.25, 0.3) is 5.91 Å². The fourth-order valence-corrected chi connectivity index (χ4v) is 4.83. The number of anilines is 2. The molecule has 4 aromatic rings. The molecule has 0 bridgehead atoms. The molecule has 1 amide bonds. The van der Waals surface area contributed by atoms with Crippen LogP contribution < -0.4 is 24.8 Å². The van der Waals surface area contributed by atoms with Crippen molar-refractivity contribution in [3.05, 3.63) is 102 Å².